The third-order valence-electron chi connectivity index (χ3n) is 3.70. The number of hydrogen-bond acceptors (Lipinski definition) is 4. The fraction of sp³-hybridized carbons (Fsp3) is 0.300. The molecule has 0 fully saturated rings. The maximum absolute atomic E-state index is 12.0. The zero-order valence-corrected chi connectivity index (χ0v) is 14.4. The van der Waals surface area contributed by atoms with Gasteiger partial charge in [0.1, 0.15) is 0 Å². The van der Waals surface area contributed by atoms with Crippen LogP contribution in [0.1, 0.15) is 32.7 Å². The molecule has 2 rings (SSSR count). The summed E-state index contributed by atoms with van der Waals surface area (Å²) in [4.78, 5) is 23.3. The third-order valence-corrected chi connectivity index (χ3v) is 3.70. The summed E-state index contributed by atoms with van der Waals surface area (Å²) >= 11 is 0. The number of methoxy groups -OCH3 is 1. The molecule has 1 amide bonds. The van der Waals surface area contributed by atoms with Crippen molar-refractivity contribution in [3.63, 3.8) is 0 Å². The second kappa shape index (κ2) is 10.3. The molecule has 0 aliphatic heterocycles. The topological polar surface area (TPSA) is 64.6 Å². The molecule has 0 bridgehead atoms. The van der Waals surface area contributed by atoms with E-state index in [1.165, 1.54) is 12.7 Å². The maximum atomic E-state index is 12.0. The molecule has 5 heteroatoms. The molecule has 0 spiro atoms. The largest absolute Gasteiger partial charge is 0.465 e. The Morgan fingerprint density at radius 3 is 2.28 bits per heavy atom. The van der Waals surface area contributed by atoms with Gasteiger partial charge in [-0.25, -0.2) is 4.79 Å². The first kappa shape index (κ1) is 18.7. The molecule has 0 saturated heterocycles. The van der Waals surface area contributed by atoms with Gasteiger partial charge in [0, 0.05) is 18.7 Å². The molecule has 0 unspecified atom stereocenters. The van der Waals surface area contributed by atoms with Gasteiger partial charge >= 0.3 is 5.97 Å². The van der Waals surface area contributed by atoms with E-state index in [0.29, 0.717) is 30.9 Å². The van der Waals surface area contributed by atoms with Gasteiger partial charge in [-0.15, -0.1) is 0 Å². The average Bonchev–Trinajstić information content (AvgIpc) is 2.67. The van der Waals surface area contributed by atoms with E-state index in [1.807, 2.05) is 18.2 Å². The van der Waals surface area contributed by atoms with Crippen LogP contribution < -0.4 is 5.32 Å². The van der Waals surface area contributed by atoms with Crippen molar-refractivity contribution < 1.29 is 19.1 Å². The van der Waals surface area contributed by atoms with Crippen LogP contribution in [0, 0.1) is 0 Å². The highest BCUT2D eigenvalue weighted by molar-refractivity contribution is 5.96. The molecule has 132 valence electrons. The van der Waals surface area contributed by atoms with Crippen molar-refractivity contribution in [2.75, 3.05) is 26.9 Å². The van der Waals surface area contributed by atoms with Crippen molar-refractivity contribution in [2.24, 2.45) is 0 Å². The number of amides is 1. The number of ether oxygens (including phenoxy) is 2. The molecule has 2 aromatic carbocycles. The van der Waals surface area contributed by atoms with Gasteiger partial charge in [0.15, 0.2) is 0 Å². The molecule has 0 saturated carbocycles. The summed E-state index contributed by atoms with van der Waals surface area (Å²) in [6.45, 7) is 1.82. The van der Waals surface area contributed by atoms with E-state index < -0.39 is 5.97 Å². The van der Waals surface area contributed by atoms with Gasteiger partial charge < -0.3 is 14.8 Å². The molecule has 25 heavy (non-hydrogen) atoms. The van der Waals surface area contributed by atoms with Gasteiger partial charge in [0.25, 0.3) is 5.91 Å². The number of carbonyl (C=O) groups excluding carboxylic acids is 2. The molecular weight excluding hydrogens is 318 g/mol. The Labute approximate surface area is 148 Å². The van der Waals surface area contributed by atoms with Crippen LogP contribution in [0.3, 0.4) is 0 Å². The second-order valence-corrected chi connectivity index (χ2v) is 5.53. The number of rotatable bonds is 9. The Morgan fingerprint density at radius 1 is 0.920 bits per heavy atom. The van der Waals surface area contributed by atoms with Crippen LogP contribution in [0.2, 0.25) is 0 Å². The van der Waals surface area contributed by atoms with E-state index in [-0.39, 0.29) is 5.91 Å². The predicted octanol–water partition coefficient (Wildman–Crippen LogP) is 2.85. The minimum atomic E-state index is -0.417. The normalized spacial score (nSPS) is 10.3. The molecule has 0 aromatic heterocycles. The summed E-state index contributed by atoms with van der Waals surface area (Å²) < 4.78 is 10.2. The summed E-state index contributed by atoms with van der Waals surface area (Å²) in [7, 11) is 1.32. The quantitative estimate of drug-likeness (QED) is 0.563. The lowest BCUT2D eigenvalue weighted by atomic mass is 10.1. The molecule has 0 heterocycles. The Hall–Kier alpha value is -2.66. The first-order valence-corrected chi connectivity index (χ1v) is 8.29. The zero-order valence-electron chi connectivity index (χ0n) is 14.4. The van der Waals surface area contributed by atoms with Crippen LogP contribution in [-0.4, -0.2) is 38.7 Å². The van der Waals surface area contributed by atoms with Gasteiger partial charge in [-0.3, -0.25) is 4.79 Å². The minimum absolute atomic E-state index is 0.166. The third kappa shape index (κ3) is 6.39. The van der Waals surface area contributed by atoms with Crippen molar-refractivity contribution in [2.45, 2.75) is 12.8 Å². The van der Waals surface area contributed by atoms with E-state index in [9.17, 15) is 9.59 Å². The number of benzene rings is 2. The highest BCUT2D eigenvalue weighted by Gasteiger charge is 2.08. The fourth-order valence-corrected chi connectivity index (χ4v) is 2.29. The molecule has 0 atom stereocenters. The van der Waals surface area contributed by atoms with Gasteiger partial charge in [0.05, 0.1) is 19.3 Å². The van der Waals surface area contributed by atoms with Crippen molar-refractivity contribution in [1.82, 2.24) is 5.32 Å². The van der Waals surface area contributed by atoms with E-state index in [4.69, 9.17) is 4.74 Å². The Kier molecular flexibility index (Phi) is 7.66. The summed E-state index contributed by atoms with van der Waals surface area (Å²) in [5, 5.41) is 2.84. The maximum Gasteiger partial charge on any atom is 0.337 e. The summed E-state index contributed by atoms with van der Waals surface area (Å²) in [6.07, 6.45) is 1.64. The number of nitrogens with one attached hydrogen (secondary N) is 1. The standard InChI is InChI=1S/C20H23NO4/c1-24-20(23)18-10-8-17(9-11-18)19(22)21-13-5-14-25-15-12-16-6-3-2-4-7-16/h2-4,6-11H,5,12-15H2,1H3,(H,21,22). The van der Waals surface area contributed by atoms with Gasteiger partial charge in [-0.2, -0.15) is 0 Å². The Bertz CT molecular complexity index is 668. The van der Waals surface area contributed by atoms with E-state index in [0.717, 1.165) is 12.8 Å². The monoisotopic (exact) mass is 341 g/mol. The first-order valence-electron chi connectivity index (χ1n) is 8.29. The molecule has 2 aromatic rings. The molecule has 5 nitrogen and oxygen atoms in total. The van der Waals surface area contributed by atoms with Gasteiger partial charge in [-0.1, -0.05) is 30.3 Å². The molecule has 0 aliphatic rings. The van der Waals surface area contributed by atoms with Crippen molar-refractivity contribution in [3.05, 3.63) is 71.3 Å². The molecule has 0 aliphatic carbocycles. The highest BCUT2D eigenvalue weighted by Crippen LogP contribution is 2.06. The molecule has 1 N–H and O–H groups in total. The summed E-state index contributed by atoms with van der Waals surface area (Å²) in [6, 6.07) is 16.6. The van der Waals surface area contributed by atoms with Crippen molar-refractivity contribution in [1.29, 1.82) is 0 Å². The molecule has 0 radical (unpaired) electrons. The van der Waals surface area contributed by atoms with Gasteiger partial charge in [0.2, 0.25) is 0 Å². The SMILES string of the molecule is COC(=O)c1ccc(C(=O)NCCCOCCc2ccccc2)cc1. The van der Waals surface area contributed by atoms with Crippen LogP contribution >= 0.6 is 0 Å². The van der Waals surface area contributed by atoms with Gasteiger partial charge in [-0.05, 0) is 42.7 Å². The van der Waals surface area contributed by atoms with E-state index in [2.05, 4.69) is 22.2 Å². The average molecular weight is 341 g/mol. The van der Waals surface area contributed by atoms with E-state index >= 15 is 0 Å². The Morgan fingerprint density at radius 2 is 1.60 bits per heavy atom. The number of esters is 1. The zero-order chi connectivity index (χ0) is 17.9. The first-order chi connectivity index (χ1) is 12.2. The van der Waals surface area contributed by atoms with E-state index in [1.54, 1.807) is 24.3 Å². The van der Waals surface area contributed by atoms with Crippen LogP contribution in [0.4, 0.5) is 0 Å². The summed E-state index contributed by atoms with van der Waals surface area (Å²) in [5.41, 5.74) is 2.19. The lowest BCUT2D eigenvalue weighted by molar-refractivity contribution is 0.0600. The van der Waals surface area contributed by atoms with Crippen LogP contribution in [0.5, 0.6) is 0 Å². The minimum Gasteiger partial charge on any atom is -0.465 e. The number of carbonyl (C=O) groups is 2. The predicted molar refractivity (Wildman–Crippen MR) is 95.7 cm³/mol. The Balaban J connectivity index is 1.59. The summed E-state index contributed by atoms with van der Waals surface area (Å²) in [5.74, 6) is -0.583. The van der Waals surface area contributed by atoms with Crippen molar-refractivity contribution >= 4 is 11.9 Å². The fourth-order valence-electron chi connectivity index (χ4n) is 2.29. The molecular formula is C20H23NO4. The lowest BCUT2D eigenvalue weighted by Crippen LogP contribution is -2.25. The number of hydrogen-bond donors (Lipinski definition) is 1. The van der Waals surface area contributed by atoms with Crippen molar-refractivity contribution in [3.8, 4) is 0 Å². The van der Waals surface area contributed by atoms with Crippen LogP contribution in [-0.2, 0) is 15.9 Å². The lowest BCUT2D eigenvalue weighted by Gasteiger charge is -2.07. The van der Waals surface area contributed by atoms with Crippen LogP contribution in [0.15, 0.2) is 54.6 Å². The smallest absolute Gasteiger partial charge is 0.337 e. The second-order valence-electron chi connectivity index (χ2n) is 5.53. The highest BCUT2D eigenvalue weighted by atomic mass is 16.5. The van der Waals surface area contributed by atoms with Crippen LogP contribution in [0.25, 0.3) is 0 Å².